The lowest BCUT2D eigenvalue weighted by Gasteiger charge is -2.06. The van der Waals surface area contributed by atoms with Crippen LogP contribution in [-0.2, 0) is 11.2 Å². The van der Waals surface area contributed by atoms with E-state index in [1.54, 1.807) is 30.6 Å². The van der Waals surface area contributed by atoms with Crippen molar-refractivity contribution >= 4 is 22.9 Å². The zero-order valence-corrected chi connectivity index (χ0v) is 12.8. The van der Waals surface area contributed by atoms with Gasteiger partial charge in [0.1, 0.15) is 0 Å². The van der Waals surface area contributed by atoms with Gasteiger partial charge in [0, 0.05) is 29.9 Å². The Morgan fingerprint density at radius 1 is 1.22 bits per heavy atom. The van der Waals surface area contributed by atoms with Crippen molar-refractivity contribution < 1.29 is 9.53 Å². The van der Waals surface area contributed by atoms with Gasteiger partial charge in [0.2, 0.25) is 0 Å². The Bertz CT molecular complexity index is 887. The molecule has 4 nitrogen and oxygen atoms in total. The van der Waals surface area contributed by atoms with E-state index in [9.17, 15) is 4.79 Å². The second-order valence-electron chi connectivity index (χ2n) is 5.20. The summed E-state index contributed by atoms with van der Waals surface area (Å²) >= 11 is 0. The van der Waals surface area contributed by atoms with E-state index >= 15 is 0 Å². The van der Waals surface area contributed by atoms with E-state index in [2.05, 4.69) is 28.7 Å². The van der Waals surface area contributed by atoms with E-state index in [1.165, 1.54) is 7.11 Å². The average Bonchev–Trinajstić information content (AvgIpc) is 2.60. The van der Waals surface area contributed by atoms with E-state index < -0.39 is 0 Å². The summed E-state index contributed by atoms with van der Waals surface area (Å²) in [6, 6.07) is 11.6. The van der Waals surface area contributed by atoms with Crippen molar-refractivity contribution in [2.24, 2.45) is 0 Å². The minimum atomic E-state index is -0.355. The molecule has 0 radical (unpaired) electrons. The highest BCUT2D eigenvalue weighted by molar-refractivity contribution is 5.89. The lowest BCUT2D eigenvalue weighted by atomic mass is 10.0. The summed E-state index contributed by atoms with van der Waals surface area (Å²) in [7, 11) is 1.37. The molecule has 0 N–H and O–H groups in total. The first-order chi connectivity index (χ1) is 11.2. The third-order valence-electron chi connectivity index (χ3n) is 3.63. The molecule has 1 aromatic carbocycles. The fraction of sp³-hybridized carbons (Fsp3) is 0.105. The number of nitrogens with zero attached hydrogens (tertiary/aromatic N) is 2. The Hall–Kier alpha value is -3.01. The normalized spacial score (nSPS) is 10.5. The predicted molar refractivity (Wildman–Crippen MR) is 90.2 cm³/mol. The molecule has 0 aliphatic rings. The van der Waals surface area contributed by atoms with Gasteiger partial charge in [0.25, 0.3) is 0 Å². The average molecular weight is 304 g/mol. The minimum Gasteiger partial charge on any atom is -0.465 e. The Labute approximate surface area is 134 Å². The molecule has 114 valence electrons. The van der Waals surface area contributed by atoms with Crippen molar-refractivity contribution in [3.63, 3.8) is 0 Å². The molecule has 23 heavy (non-hydrogen) atoms. The Morgan fingerprint density at radius 3 is 2.87 bits per heavy atom. The fourth-order valence-electron chi connectivity index (χ4n) is 2.45. The number of ether oxygens (including phenoxy) is 1. The van der Waals surface area contributed by atoms with Crippen LogP contribution in [0.4, 0.5) is 0 Å². The third kappa shape index (κ3) is 3.26. The molecule has 0 unspecified atom stereocenters. The quantitative estimate of drug-likeness (QED) is 0.690. The lowest BCUT2D eigenvalue weighted by molar-refractivity contribution is 0.0600. The van der Waals surface area contributed by atoms with E-state index in [0.717, 1.165) is 27.7 Å². The molecule has 0 bridgehead atoms. The topological polar surface area (TPSA) is 52.1 Å². The van der Waals surface area contributed by atoms with Crippen LogP contribution < -0.4 is 0 Å². The number of esters is 1. The van der Waals surface area contributed by atoms with Gasteiger partial charge in [-0.25, -0.2) is 4.79 Å². The van der Waals surface area contributed by atoms with Gasteiger partial charge in [-0.05, 0) is 41.5 Å². The molecule has 4 heteroatoms. The maximum atomic E-state index is 11.6. The Balaban J connectivity index is 1.92. The van der Waals surface area contributed by atoms with Gasteiger partial charge >= 0.3 is 5.97 Å². The first kappa shape index (κ1) is 14.9. The van der Waals surface area contributed by atoms with Crippen LogP contribution in [0.25, 0.3) is 17.0 Å². The van der Waals surface area contributed by atoms with Crippen molar-refractivity contribution in [3.8, 4) is 0 Å². The zero-order chi connectivity index (χ0) is 16.2. The smallest absolute Gasteiger partial charge is 0.337 e. The number of benzene rings is 1. The number of methoxy groups -OCH3 is 1. The summed E-state index contributed by atoms with van der Waals surface area (Å²) in [6.07, 6.45) is 5.84. The van der Waals surface area contributed by atoms with Gasteiger partial charge < -0.3 is 4.74 Å². The molecule has 0 fully saturated rings. The highest BCUT2D eigenvalue weighted by Crippen LogP contribution is 2.18. The van der Waals surface area contributed by atoms with Crippen LogP contribution in [0, 0.1) is 0 Å². The van der Waals surface area contributed by atoms with Crippen LogP contribution in [-0.4, -0.2) is 23.0 Å². The summed E-state index contributed by atoms with van der Waals surface area (Å²) in [5, 5.41) is 1.06. The molecule has 0 spiro atoms. The Morgan fingerprint density at radius 2 is 2.09 bits per heavy atom. The maximum Gasteiger partial charge on any atom is 0.337 e. The third-order valence-corrected chi connectivity index (χ3v) is 3.63. The molecule has 0 amide bonds. The number of hydrogen-bond acceptors (Lipinski definition) is 4. The van der Waals surface area contributed by atoms with Crippen LogP contribution in [0.2, 0.25) is 0 Å². The van der Waals surface area contributed by atoms with Crippen molar-refractivity contribution in [2.75, 3.05) is 7.11 Å². The highest BCUT2D eigenvalue weighted by atomic mass is 16.5. The number of carbonyl (C=O) groups excluding carboxylic acids is 1. The van der Waals surface area contributed by atoms with Crippen molar-refractivity contribution in [3.05, 3.63) is 77.8 Å². The summed E-state index contributed by atoms with van der Waals surface area (Å²) in [5.74, 6) is -0.355. The number of rotatable bonds is 4. The summed E-state index contributed by atoms with van der Waals surface area (Å²) in [5.41, 5.74) is 4.36. The number of fused-ring (bicyclic) bond motifs is 1. The van der Waals surface area contributed by atoms with Gasteiger partial charge in [0.15, 0.2) is 0 Å². The van der Waals surface area contributed by atoms with E-state index in [1.807, 2.05) is 12.1 Å². The fourth-order valence-corrected chi connectivity index (χ4v) is 2.45. The molecule has 2 aromatic heterocycles. The standard InChI is InChI=1S/C19H16N2O2/c1-3-13-8-16-9-14(4-5-18(16)21-12-13)10-17-11-15(6-7-20-17)19(22)23-2/h3-9,11-12H,1,10H2,2H3. The monoisotopic (exact) mass is 304 g/mol. The number of aromatic nitrogens is 2. The van der Waals surface area contributed by atoms with Gasteiger partial charge in [-0.2, -0.15) is 0 Å². The van der Waals surface area contributed by atoms with Crippen LogP contribution in [0.5, 0.6) is 0 Å². The van der Waals surface area contributed by atoms with Crippen molar-refractivity contribution in [1.82, 2.24) is 9.97 Å². The predicted octanol–water partition coefficient (Wildman–Crippen LogP) is 3.65. The molecule has 0 aliphatic carbocycles. The molecule has 0 atom stereocenters. The van der Waals surface area contributed by atoms with Crippen molar-refractivity contribution in [1.29, 1.82) is 0 Å². The lowest BCUT2D eigenvalue weighted by Crippen LogP contribution is -2.03. The molecular formula is C19H16N2O2. The Kier molecular flexibility index (Phi) is 4.15. The van der Waals surface area contributed by atoms with Gasteiger partial charge in [-0.1, -0.05) is 18.7 Å². The first-order valence-corrected chi connectivity index (χ1v) is 7.24. The summed E-state index contributed by atoms with van der Waals surface area (Å²) in [4.78, 5) is 20.3. The van der Waals surface area contributed by atoms with Crippen molar-refractivity contribution in [2.45, 2.75) is 6.42 Å². The first-order valence-electron chi connectivity index (χ1n) is 7.24. The van der Waals surface area contributed by atoms with Gasteiger partial charge in [-0.3, -0.25) is 9.97 Å². The van der Waals surface area contributed by atoms with E-state index in [-0.39, 0.29) is 5.97 Å². The maximum absolute atomic E-state index is 11.6. The van der Waals surface area contributed by atoms with Gasteiger partial charge in [-0.15, -0.1) is 0 Å². The highest BCUT2D eigenvalue weighted by Gasteiger charge is 2.07. The number of hydrogen-bond donors (Lipinski definition) is 0. The zero-order valence-electron chi connectivity index (χ0n) is 12.8. The molecule has 0 aliphatic heterocycles. The molecular weight excluding hydrogens is 288 g/mol. The summed E-state index contributed by atoms with van der Waals surface area (Å²) in [6.45, 7) is 3.77. The van der Waals surface area contributed by atoms with Crippen LogP contribution in [0.15, 0.2) is 55.4 Å². The van der Waals surface area contributed by atoms with E-state index in [4.69, 9.17) is 4.74 Å². The largest absolute Gasteiger partial charge is 0.465 e. The SMILES string of the molecule is C=Cc1cnc2ccc(Cc3cc(C(=O)OC)ccn3)cc2c1. The van der Waals surface area contributed by atoms with Crippen LogP contribution in [0.1, 0.15) is 27.2 Å². The minimum absolute atomic E-state index is 0.355. The summed E-state index contributed by atoms with van der Waals surface area (Å²) < 4.78 is 4.74. The second-order valence-corrected chi connectivity index (χ2v) is 5.20. The number of pyridine rings is 2. The van der Waals surface area contributed by atoms with Crippen LogP contribution in [0.3, 0.4) is 0 Å². The number of carbonyl (C=O) groups is 1. The molecule has 2 heterocycles. The van der Waals surface area contributed by atoms with E-state index in [0.29, 0.717) is 12.0 Å². The molecule has 3 rings (SSSR count). The molecule has 3 aromatic rings. The molecule has 0 saturated heterocycles. The second kappa shape index (κ2) is 6.40. The van der Waals surface area contributed by atoms with Gasteiger partial charge in [0.05, 0.1) is 18.2 Å². The molecule has 0 saturated carbocycles. The van der Waals surface area contributed by atoms with Crippen LogP contribution >= 0.6 is 0 Å².